The largest absolute Gasteiger partial charge is 0.497 e. The van der Waals surface area contributed by atoms with Crippen LogP contribution in [-0.2, 0) is 16.0 Å². The molecular weight excluding hydrogens is 356 g/mol. The van der Waals surface area contributed by atoms with Crippen molar-refractivity contribution in [1.29, 1.82) is 0 Å². The van der Waals surface area contributed by atoms with Gasteiger partial charge < -0.3 is 19.3 Å². The quantitative estimate of drug-likeness (QED) is 0.771. The van der Waals surface area contributed by atoms with Crippen LogP contribution in [0.1, 0.15) is 18.9 Å². The van der Waals surface area contributed by atoms with Gasteiger partial charge in [-0.05, 0) is 18.9 Å². The normalized spacial score (nSPS) is 16.8. The molecule has 1 heterocycles. The molecule has 2 aromatic carbocycles. The van der Waals surface area contributed by atoms with Crippen molar-refractivity contribution in [3.05, 3.63) is 54.1 Å². The molecule has 0 aliphatic carbocycles. The summed E-state index contributed by atoms with van der Waals surface area (Å²) in [6.07, 6.45) is 1.07. The highest BCUT2D eigenvalue weighted by atomic mass is 16.5. The third-order valence-electron chi connectivity index (χ3n) is 5.09. The van der Waals surface area contributed by atoms with Crippen LogP contribution in [0.25, 0.3) is 0 Å². The van der Waals surface area contributed by atoms with Crippen molar-refractivity contribution in [3.63, 3.8) is 0 Å². The van der Waals surface area contributed by atoms with Crippen LogP contribution in [0.2, 0.25) is 0 Å². The van der Waals surface area contributed by atoms with E-state index in [-0.39, 0.29) is 11.8 Å². The van der Waals surface area contributed by atoms with Gasteiger partial charge in [-0.15, -0.1) is 0 Å². The van der Waals surface area contributed by atoms with E-state index in [0.29, 0.717) is 43.1 Å². The highest BCUT2D eigenvalue weighted by Crippen LogP contribution is 2.30. The number of hydrogen-bond acceptors (Lipinski definition) is 4. The fraction of sp³-hybridized carbons (Fsp3) is 0.364. The van der Waals surface area contributed by atoms with E-state index < -0.39 is 6.04 Å². The molecule has 1 aliphatic rings. The van der Waals surface area contributed by atoms with Gasteiger partial charge in [0, 0.05) is 37.7 Å². The van der Waals surface area contributed by atoms with Gasteiger partial charge >= 0.3 is 0 Å². The van der Waals surface area contributed by atoms with Gasteiger partial charge in [0.05, 0.1) is 19.9 Å². The van der Waals surface area contributed by atoms with Crippen molar-refractivity contribution >= 4 is 17.5 Å². The van der Waals surface area contributed by atoms with Crippen molar-refractivity contribution in [1.82, 2.24) is 4.90 Å². The minimum atomic E-state index is -0.505. The first-order valence-electron chi connectivity index (χ1n) is 9.41. The second-order valence-corrected chi connectivity index (χ2v) is 6.81. The lowest BCUT2D eigenvalue weighted by Gasteiger charge is -2.39. The van der Waals surface area contributed by atoms with Crippen LogP contribution in [0.5, 0.6) is 11.5 Å². The Morgan fingerprint density at radius 3 is 2.29 bits per heavy atom. The topological polar surface area (TPSA) is 59.1 Å². The highest BCUT2D eigenvalue weighted by Gasteiger charge is 2.35. The van der Waals surface area contributed by atoms with Crippen LogP contribution in [0, 0.1) is 0 Å². The van der Waals surface area contributed by atoms with E-state index in [0.717, 1.165) is 5.56 Å². The third-order valence-corrected chi connectivity index (χ3v) is 5.09. The van der Waals surface area contributed by atoms with Gasteiger partial charge in [0.15, 0.2) is 0 Å². The molecular formula is C22H26N2O4. The fourth-order valence-electron chi connectivity index (χ4n) is 3.46. The molecule has 1 saturated heterocycles. The van der Waals surface area contributed by atoms with Crippen LogP contribution in [0.4, 0.5) is 5.69 Å². The summed E-state index contributed by atoms with van der Waals surface area (Å²) in [7, 11) is 3.15. The first-order chi connectivity index (χ1) is 13.5. The maximum absolute atomic E-state index is 13.0. The van der Waals surface area contributed by atoms with E-state index in [1.54, 1.807) is 49.1 Å². The number of rotatable bonds is 6. The molecule has 0 saturated carbocycles. The third kappa shape index (κ3) is 4.27. The molecule has 1 fully saturated rings. The van der Waals surface area contributed by atoms with E-state index in [1.165, 1.54) is 0 Å². The Morgan fingerprint density at radius 1 is 1.04 bits per heavy atom. The Morgan fingerprint density at radius 2 is 1.68 bits per heavy atom. The summed E-state index contributed by atoms with van der Waals surface area (Å²) in [6.45, 7) is 2.73. The average Bonchev–Trinajstić information content (AvgIpc) is 2.74. The predicted molar refractivity (Wildman–Crippen MR) is 108 cm³/mol. The van der Waals surface area contributed by atoms with Gasteiger partial charge in [-0.25, -0.2) is 0 Å². The molecule has 0 aromatic heterocycles. The molecule has 148 valence electrons. The monoisotopic (exact) mass is 382 g/mol. The lowest BCUT2D eigenvalue weighted by atomic mass is 10.1. The first-order valence-corrected chi connectivity index (χ1v) is 9.41. The molecule has 0 spiro atoms. The zero-order chi connectivity index (χ0) is 20.1. The molecule has 2 aromatic rings. The molecule has 0 N–H and O–H groups in total. The summed E-state index contributed by atoms with van der Waals surface area (Å²) in [4.78, 5) is 29.0. The molecule has 28 heavy (non-hydrogen) atoms. The molecule has 2 amide bonds. The standard InChI is InChI=1S/C22H26N2O4/c1-16-22(26)24(18-13-19(27-2)15-20(14-18)28-3)12-11-23(16)21(25)10-9-17-7-5-4-6-8-17/h4-8,13-16H,9-12H2,1-3H3. The summed E-state index contributed by atoms with van der Waals surface area (Å²) in [5, 5.41) is 0. The number of ether oxygens (including phenoxy) is 2. The van der Waals surface area contributed by atoms with Crippen molar-refractivity contribution < 1.29 is 19.1 Å². The number of aryl methyl sites for hydroxylation is 1. The molecule has 0 radical (unpaired) electrons. The van der Waals surface area contributed by atoms with Crippen LogP contribution in [0.15, 0.2) is 48.5 Å². The zero-order valence-corrected chi connectivity index (χ0v) is 16.6. The van der Waals surface area contributed by atoms with Gasteiger partial charge in [-0.1, -0.05) is 30.3 Å². The number of nitrogens with zero attached hydrogens (tertiary/aromatic N) is 2. The van der Waals surface area contributed by atoms with Crippen molar-refractivity contribution in [2.75, 3.05) is 32.2 Å². The van der Waals surface area contributed by atoms with Crippen molar-refractivity contribution in [3.8, 4) is 11.5 Å². The minimum absolute atomic E-state index is 0.00701. The second-order valence-electron chi connectivity index (χ2n) is 6.81. The molecule has 0 bridgehead atoms. The van der Waals surface area contributed by atoms with Crippen LogP contribution < -0.4 is 14.4 Å². The summed E-state index contributed by atoms with van der Waals surface area (Å²) in [5.74, 6) is 1.15. The highest BCUT2D eigenvalue weighted by molar-refractivity contribution is 6.00. The van der Waals surface area contributed by atoms with Gasteiger partial charge in [-0.3, -0.25) is 9.59 Å². The maximum Gasteiger partial charge on any atom is 0.249 e. The Bertz CT molecular complexity index is 815. The average molecular weight is 382 g/mol. The molecule has 1 atom stereocenters. The first kappa shape index (κ1) is 19.7. The van der Waals surface area contributed by atoms with Crippen LogP contribution >= 0.6 is 0 Å². The van der Waals surface area contributed by atoms with Crippen LogP contribution in [0.3, 0.4) is 0 Å². The lowest BCUT2D eigenvalue weighted by Crippen LogP contribution is -2.57. The lowest BCUT2D eigenvalue weighted by molar-refractivity contribution is -0.140. The second kappa shape index (κ2) is 8.78. The minimum Gasteiger partial charge on any atom is -0.497 e. The SMILES string of the molecule is COc1cc(OC)cc(N2CCN(C(=O)CCc3ccccc3)C(C)C2=O)c1. The Balaban J connectivity index is 1.68. The zero-order valence-electron chi connectivity index (χ0n) is 16.6. The van der Waals surface area contributed by atoms with Crippen LogP contribution in [-0.4, -0.2) is 50.1 Å². The van der Waals surface area contributed by atoms with E-state index >= 15 is 0 Å². The van der Waals surface area contributed by atoms with E-state index in [9.17, 15) is 9.59 Å². The number of piperazine rings is 1. The number of amides is 2. The van der Waals surface area contributed by atoms with E-state index in [4.69, 9.17) is 9.47 Å². The smallest absolute Gasteiger partial charge is 0.249 e. The Hall–Kier alpha value is -3.02. The number of carbonyl (C=O) groups is 2. The summed E-state index contributed by atoms with van der Waals surface area (Å²) in [6, 6.07) is 14.8. The number of methoxy groups -OCH3 is 2. The van der Waals surface area contributed by atoms with Gasteiger partial charge in [0.2, 0.25) is 11.8 Å². The Labute approximate surface area is 165 Å². The molecule has 3 rings (SSSR count). The molecule has 6 nitrogen and oxygen atoms in total. The molecule has 1 aliphatic heterocycles. The van der Waals surface area contributed by atoms with Crippen molar-refractivity contribution in [2.24, 2.45) is 0 Å². The summed E-state index contributed by atoms with van der Waals surface area (Å²) in [5.41, 5.74) is 1.83. The number of benzene rings is 2. The van der Waals surface area contributed by atoms with E-state index in [2.05, 4.69) is 0 Å². The maximum atomic E-state index is 13.0. The summed E-state index contributed by atoms with van der Waals surface area (Å²) < 4.78 is 10.6. The van der Waals surface area contributed by atoms with E-state index in [1.807, 2.05) is 30.3 Å². The number of carbonyl (C=O) groups excluding carboxylic acids is 2. The van der Waals surface area contributed by atoms with Gasteiger partial charge in [0.25, 0.3) is 0 Å². The fourth-order valence-corrected chi connectivity index (χ4v) is 3.46. The number of hydrogen-bond donors (Lipinski definition) is 0. The molecule has 6 heteroatoms. The van der Waals surface area contributed by atoms with Gasteiger partial charge in [0.1, 0.15) is 17.5 Å². The summed E-state index contributed by atoms with van der Waals surface area (Å²) >= 11 is 0. The number of anilines is 1. The van der Waals surface area contributed by atoms with Gasteiger partial charge in [-0.2, -0.15) is 0 Å². The Kier molecular flexibility index (Phi) is 6.19. The molecule has 1 unspecified atom stereocenters. The van der Waals surface area contributed by atoms with Crippen molar-refractivity contribution in [2.45, 2.75) is 25.8 Å². The predicted octanol–water partition coefficient (Wildman–Crippen LogP) is 2.90.